The number of hydrogen-bond acceptors (Lipinski definition) is 9. The van der Waals surface area contributed by atoms with Crippen molar-refractivity contribution in [3.63, 3.8) is 0 Å². The Kier molecular flexibility index (Phi) is 16.8. The van der Waals surface area contributed by atoms with Gasteiger partial charge in [0.2, 0.25) is 11.8 Å². The lowest BCUT2D eigenvalue weighted by atomic mass is 10.0. The quantitative estimate of drug-likeness (QED) is 0.147. The van der Waals surface area contributed by atoms with Crippen molar-refractivity contribution >= 4 is 45.8 Å². The fourth-order valence-electron chi connectivity index (χ4n) is 6.32. The largest absolute Gasteiger partial charge is 0.446 e. The van der Waals surface area contributed by atoms with Crippen LogP contribution in [0.4, 0.5) is 15.5 Å². The lowest BCUT2D eigenvalue weighted by Gasteiger charge is -2.32. The van der Waals surface area contributed by atoms with E-state index in [2.05, 4.69) is 21.2 Å². The minimum atomic E-state index is -0.435. The van der Waals surface area contributed by atoms with Crippen LogP contribution >= 0.6 is 11.3 Å². The molecule has 0 unspecified atom stereocenters. The first-order valence-corrected chi connectivity index (χ1v) is 19.7. The summed E-state index contributed by atoms with van der Waals surface area (Å²) in [6.07, 6.45) is 4.19. The molecule has 0 radical (unpaired) electrons. The third kappa shape index (κ3) is 12.8. The zero-order valence-corrected chi connectivity index (χ0v) is 33.7. The number of hydrogen-bond donors (Lipinski definition) is 1. The molecule has 0 aliphatic carbocycles. The molecule has 54 heavy (non-hydrogen) atoms. The van der Waals surface area contributed by atoms with Gasteiger partial charge in [-0.1, -0.05) is 55.0 Å². The van der Waals surface area contributed by atoms with Crippen LogP contribution in [-0.4, -0.2) is 137 Å². The second kappa shape index (κ2) is 21.4. The highest BCUT2D eigenvalue weighted by Crippen LogP contribution is 2.31. The van der Waals surface area contributed by atoms with Gasteiger partial charge in [-0.3, -0.25) is 19.7 Å². The van der Waals surface area contributed by atoms with Gasteiger partial charge >= 0.3 is 6.09 Å². The van der Waals surface area contributed by atoms with E-state index in [0.717, 1.165) is 85.7 Å². The van der Waals surface area contributed by atoms with Gasteiger partial charge in [0.05, 0.1) is 15.6 Å². The van der Waals surface area contributed by atoms with Gasteiger partial charge in [-0.05, 0) is 55.9 Å². The number of carbonyl (C=O) groups excluding carboxylic acids is 4. The number of methoxy groups -OCH3 is 1. The second-order valence-electron chi connectivity index (χ2n) is 14.1. The molecule has 4 rings (SSSR count). The SMILES string of the molecule is COCC(=O)N(C)CCN(C)C(=O)c1sc(N(C)CCCCCC(=O)N(C)CCN2CCC(OC(=O)Nc3ccccc3-c3ccccc3)CC2)cc1C. The minimum Gasteiger partial charge on any atom is -0.446 e. The van der Waals surface area contributed by atoms with E-state index in [1.807, 2.05) is 80.5 Å². The highest BCUT2D eigenvalue weighted by atomic mass is 32.1. The monoisotopic (exact) mass is 762 g/mol. The van der Waals surface area contributed by atoms with Crippen LogP contribution in [0.2, 0.25) is 0 Å². The van der Waals surface area contributed by atoms with Gasteiger partial charge in [-0.15, -0.1) is 11.3 Å². The molecule has 294 valence electrons. The van der Waals surface area contributed by atoms with Crippen LogP contribution in [-0.2, 0) is 19.1 Å². The summed E-state index contributed by atoms with van der Waals surface area (Å²) in [5.41, 5.74) is 3.65. The predicted molar refractivity (Wildman–Crippen MR) is 216 cm³/mol. The van der Waals surface area contributed by atoms with Crippen LogP contribution in [0.1, 0.15) is 53.8 Å². The molecule has 13 heteroatoms. The molecular formula is C41H58N6O6S. The number of nitrogens with zero attached hydrogens (tertiary/aromatic N) is 5. The van der Waals surface area contributed by atoms with E-state index >= 15 is 0 Å². The number of likely N-dealkylation sites (tertiary alicyclic amines) is 1. The van der Waals surface area contributed by atoms with Crippen molar-refractivity contribution in [3.8, 4) is 11.1 Å². The number of nitrogens with one attached hydrogen (secondary N) is 1. The lowest BCUT2D eigenvalue weighted by Crippen LogP contribution is -2.42. The molecule has 0 saturated carbocycles. The van der Waals surface area contributed by atoms with Gasteiger partial charge in [0, 0.05) is 93.1 Å². The molecule has 4 amide bonds. The highest BCUT2D eigenvalue weighted by Gasteiger charge is 2.24. The van der Waals surface area contributed by atoms with Gasteiger partial charge in [0.15, 0.2) is 0 Å². The molecule has 1 fully saturated rings. The number of rotatable bonds is 19. The molecule has 0 atom stereocenters. The van der Waals surface area contributed by atoms with Crippen molar-refractivity contribution in [2.45, 2.75) is 51.6 Å². The van der Waals surface area contributed by atoms with E-state index < -0.39 is 6.09 Å². The van der Waals surface area contributed by atoms with Gasteiger partial charge in [-0.25, -0.2) is 4.79 Å². The first-order chi connectivity index (χ1) is 26.0. The Morgan fingerprint density at radius 2 is 1.48 bits per heavy atom. The van der Waals surface area contributed by atoms with Crippen LogP contribution in [0.25, 0.3) is 11.1 Å². The predicted octanol–water partition coefficient (Wildman–Crippen LogP) is 6.07. The van der Waals surface area contributed by atoms with Crippen LogP contribution in [0.5, 0.6) is 0 Å². The summed E-state index contributed by atoms with van der Waals surface area (Å²) in [7, 11) is 8.86. The van der Waals surface area contributed by atoms with Crippen LogP contribution in [0, 0.1) is 6.92 Å². The number of aryl methyl sites for hydroxylation is 1. The third-order valence-corrected chi connectivity index (χ3v) is 11.2. The Bertz CT molecular complexity index is 1660. The van der Waals surface area contributed by atoms with E-state index in [1.54, 1.807) is 23.9 Å². The number of likely N-dealkylation sites (N-methyl/N-ethyl adjacent to an activating group) is 3. The van der Waals surface area contributed by atoms with Crippen molar-refractivity contribution in [1.29, 1.82) is 0 Å². The maximum atomic E-state index is 13.1. The van der Waals surface area contributed by atoms with E-state index in [-0.39, 0.29) is 30.4 Å². The third-order valence-electron chi connectivity index (χ3n) is 9.90. The van der Waals surface area contributed by atoms with E-state index in [0.29, 0.717) is 30.9 Å². The van der Waals surface area contributed by atoms with E-state index in [9.17, 15) is 19.2 Å². The zero-order chi connectivity index (χ0) is 39.0. The smallest absolute Gasteiger partial charge is 0.411 e. The Balaban J connectivity index is 1.08. The van der Waals surface area contributed by atoms with Gasteiger partial charge in [0.25, 0.3) is 5.91 Å². The molecular weight excluding hydrogens is 705 g/mol. The van der Waals surface area contributed by atoms with Gasteiger partial charge in [0.1, 0.15) is 12.7 Å². The van der Waals surface area contributed by atoms with E-state index in [1.165, 1.54) is 18.4 Å². The Morgan fingerprint density at radius 1 is 0.815 bits per heavy atom. The number of para-hydroxylation sites is 1. The van der Waals surface area contributed by atoms with Crippen molar-refractivity contribution in [2.24, 2.45) is 0 Å². The molecule has 2 heterocycles. The first kappa shape index (κ1) is 42.3. The number of unbranched alkanes of at least 4 members (excludes halogenated alkanes) is 2. The second-order valence-corrected chi connectivity index (χ2v) is 15.1. The minimum absolute atomic E-state index is 0.0244. The standard InChI is InChI=1S/C41H58N6O6S/c1-31-29-38(54-39(31)40(50)46(5)26-25-44(3)37(49)30-52-6)45(4)22-14-8-11-19-36(48)43(2)27-28-47-23-20-33(21-24-47)53-41(51)42-35-18-13-12-17-34(35)32-15-9-7-10-16-32/h7,9-10,12-13,15-18,29,33H,8,11,14,19-28,30H2,1-6H3,(H,42,51). The first-order valence-electron chi connectivity index (χ1n) is 18.8. The molecule has 1 aliphatic rings. The molecule has 12 nitrogen and oxygen atoms in total. The van der Waals surface area contributed by atoms with Crippen molar-refractivity contribution in [1.82, 2.24) is 19.6 Å². The Hall–Kier alpha value is -4.46. The number of piperidine rings is 1. The average Bonchev–Trinajstić information content (AvgIpc) is 3.57. The topological polar surface area (TPSA) is 115 Å². The van der Waals surface area contributed by atoms with Crippen LogP contribution in [0.3, 0.4) is 0 Å². The number of carbonyl (C=O) groups is 4. The van der Waals surface area contributed by atoms with Gasteiger partial charge in [-0.2, -0.15) is 0 Å². The van der Waals surface area contributed by atoms with E-state index in [4.69, 9.17) is 9.47 Å². The summed E-state index contributed by atoms with van der Waals surface area (Å²) < 4.78 is 10.7. The summed E-state index contributed by atoms with van der Waals surface area (Å²) in [6, 6.07) is 19.7. The van der Waals surface area contributed by atoms with Crippen molar-refractivity contribution in [3.05, 3.63) is 71.1 Å². The normalized spacial score (nSPS) is 13.3. The molecule has 0 bridgehead atoms. The summed E-state index contributed by atoms with van der Waals surface area (Å²) >= 11 is 1.49. The molecule has 2 aromatic carbocycles. The van der Waals surface area contributed by atoms with Crippen LogP contribution < -0.4 is 10.2 Å². The zero-order valence-electron chi connectivity index (χ0n) is 32.8. The van der Waals surface area contributed by atoms with Crippen molar-refractivity contribution in [2.75, 3.05) is 97.9 Å². The average molecular weight is 763 g/mol. The number of thiophene rings is 1. The lowest BCUT2D eigenvalue weighted by molar-refractivity contribution is -0.134. The van der Waals surface area contributed by atoms with Gasteiger partial charge < -0.3 is 34.0 Å². The fourth-order valence-corrected chi connectivity index (χ4v) is 7.48. The molecule has 1 aromatic heterocycles. The summed E-state index contributed by atoms with van der Waals surface area (Å²) in [4.78, 5) is 61.0. The molecule has 1 saturated heterocycles. The van der Waals surface area contributed by atoms with Crippen LogP contribution in [0.15, 0.2) is 60.7 Å². The number of anilines is 2. The van der Waals surface area contributed by atoms with Crippen molar-refractivity contribution < 1.29 is 28.7 Å². The summed E-state index contributed by atoms with van der Waals surface area (Å²) in [6.45, 7) is 6.78. The maximum Gasteiger partial charge on any atom is 0.411 e. The Morgan fingerprint density at radius 3 is 2.20 bits per heavy atom. The Labute approximate surface area is 325 Å². The summed E-state index contributed by atoms with van der Waals surface area (Å²) in [5.74, 6) is -0.0101. The molecule has 1 aliphatic heterocycles. The molecule has 1 N–H and O–H groups in total. The molecule has 3 aromatic rings. The fraction of sp³-hybridized carbons (Fsp3) is 0.512. The summed E-state index contributed by atoms with van der Waals surface area (Å²) in [5, 5.41) is 3.97. The maximum absolute atomic E-state index is 13.1. The number of ether oxygens (including phenoxy) is 2. The molecule has 0 spiro atoms. The number of benzene rings is 2. The highest BCUT2D eigenvalue weighted by molar-refractivity contribution is 7.18. The number of amides is 4.